The fraction of sp³-hybridized carbons (Fsp3) is 0.500. The predicted molar refractivity (Wildman–Crippen MR) is 81.7 cm³/mol. The maximum Gasteiger partial charge on any atom is 0.335 e. The summed E-state index contributed by atoms with van der Waals surface area (Å²) in [6.07, 6.45) is 4.68. The summed E-state index contributed by atoms with van der Waals surface area (Å²) in [7, 11) is 0. The molecule has 0 aliphatic heterocycles. The van der Waals surface area contributed by atoms with Crippen molar-refractivity contribution >= 4 is 17.7 Å². The number of carboxylic acid groups (broad SMARTS) is 1. The standard InChI is InChI=1S/C16H22N2O3/c1-3-16(7-4-8-16)10-17-15(21)18-12-5-6-13(14(19)20)11(2)9-12/h5-6,9H,3-4,7-8,10H2,1-2H3,(H,19,20)(H2,17,18,21). The molecule has 0 bridgehead atoms. The fourth-order valence-corrected chi connectivity index (χ4v) is 2.76. The summed E-state index contributed by atoms with van der Waals surface area (Å²) in [6.45, 7) is 4.57. The van der Waals surface area contributed by atoms with E-state index in [1.807, 2.05) is 0 Å². The van der Waals surface area contributed by atoms with Crippen LogP contribution in [0.3, 0.4) is 0 Å². The minimum absolute atomic E-state index is 0.239. The van der Waals surface area contributed by atoms with Crippen molar-refractivity contribution in [1.82, 2.24) is 5.32 Å². The fourth-order valence-electron chi connectivity index (χ4n) is 2.76. The first kappa shape index (κ1) is 15.4. The molecular weight excluding hydrogens is 268 g/mol. The first-order valence-electron chi connectivity index (χ1n) is 7.34. The Morgan fingerprint density at radius 3 is 2.52 bits per heavy atom. The van der Waals surface area contributed by atoms with Crippen LogP contribution < -0.4 is 10.6 Å². The highest BCUT2D eigenvalue weighted by molar-refractivity contribution is 5.92. The number of rotatable bonds is 5. The van der Waals surface area contributed by atoms with E-state index in [9.17, 15) is 9.59 Å². The van der Waals surface area contributed by atoms with Gasteiger partial charge in [-0.05, 0) is 55.4 Å². The summed E-state index contributed by atoms with van der Waals surface area (Å²) in [4.78, 5) is 22.8. The van der Waals surface area contributed by atoms with E-state index in [1.165, 1.54) is 25.3 Å². The molecule has 1 saturated carbocycles. The minimum atomic E-state index is -0.960. The van der Waals surface area contributed by atoms with Crippen molar-refractivity contribution in [3.8, 4) is 0 Å². The van der Waals surface area contributed by atoms with Gasteiger partial charge in [0, 0.05) is 12.2 Å². The van der Waals surface area contributed by atoms with E-state index < -0.39 is 5.97 Å². The average molecular weight is 290 g/mol. The van der Waals surface area contributed by atoms with Crippen LogP contribution in [0.4, 0.5) is 10.5 Å². The van der Waals surface area contributed by atoms with Crippen LogP contribution in [0.5, 0.6) is 0 Å². The maximum absolute atomic E-state index is 11.9. The quantitative estimate of drug-likeness (QED) is 0.777. The third kappa shape index (κ3) is 3.54. The van der Waals surface area contributed by atoms with Crippen molar-refractivity contribution in [2.24, 2.45) is 5.41 Å². The lowest BCUT2D eigenvalue weighted by Gasteiger charge is -2.41. The smallest absolute Gasteiger partial charge is 0.335 e. The molecule has 1 aliphatic carbocycles. The molecule has 114 valence electrons. The number of amides is 2. The van der Waals surface area contributed by atoms with Gasteiger partial charge in [-0.25, -0.2) is 9.59 Å². The second kappa shape index (κ2) is 6.16. The molecule has 0 atom stereocenters. The number of anilines is 1. The average Bonchev–Trinajstić information content (AvgIpc) is 2.37. The van der Waals surface area contributed by atoms with Crippen LogP contribution in [0.1, 0.15) is 48.5 Å². The zero-order valence-electron chi connectivity index (χ0n) is 12.5. The van der Waals surface area contributed by atoms with E-state index in [0.717, 1.165) is 6.42 Å². The molecule has 3 N–H and O–H groups in total. The Labute approximate surface area is 124 Å². The monoisotopic (exact) mass is 290 g/mol. The van der Waals surface area contributed by atoms with E-state index >= 15 is 0 Å². The lowest BCUT2D eigenvalue weighted by Crippen LogP contribution is -2.43. The number of carbonyl (C=O) groups is 2. The number of aromatic carboxylic acids is 1. The predicted octanol–water partition coefficient (Wildman–Crippen LogP) is 3.40. The van der Waals surface area contributed by atoms with E-state index in [4.69, 9.17) is 5.11 Å². The van der Waals surface area contributed by atoms with Crippen molar-refractivity contribution in [3.63, 3.8) is 0 Å². The molecule has 1 aromatic rings. The van der Waals surface area contributed by atoms with Gasteiger partial charge >= 0.3 is 12.0 Å². The third-order valence-electron chi connectivity index (χ3n) is 4.50. The van der Waals surface area contributed by atoms with Crippen LogP contribution >= 0.6 is 0 Å². The van der Waals surface area contributed by atoms with Gasteiger partial charge in [0.1, 0.15) is 0 Å². The Kier molecular flexibility index (Phi) is 4.50. The normalized spacial score (nSPS) is 15.9. The van der Waals surface area contributed by atoms with Gasteiger partial charge in [-0.15, -0.1) is 0 Å². The van der Waals surface area contributed by atoms with Crippen LogP contribution in [-0.2, 0) is 0 Å². The molecule has 0 radical (unpaired) electrons. The molecule has 5 heteroatoms. The zero-order chi connectivity index (χ0) is 15.5. The number of hydrogen-bond donors (Lipinski definition) is 3. The van der Waals surface area contributed by atoms with Gasteiger partial charge in [-0.1, -0.05) is 13.3 Å². The molecule has 0 aromatic heterocycles. The first-order valence-corrected chi connectivity index (χ1v) is 7.34. The SMILES string of the molecule is CCC1(CNC(=O)Nc2ccc(C(=O)O)c(C)c2)CCC1. The lowest BCUT2D eigenvalue weighted by atomic mass is 9.67. The molecule has 1 aromatic carbocycles. The zero-order valence-corrected chi connectivity index (χ0v) is 12.5. The van der Waals surface area contributed by atoms with Gasteiger partial charge in [-0.3, -0.25) is 0 Å². The van der Waals surface area contributed by atoms with Crippen molar-refractivity contribution in [2.75, 3.05) is 11.9 Å². The van der Waals surface area contributed by atoms with E-state index in [1.54, 1.807) is 19.1 Å². The lowest BCUT2D eigenvalue weighted by molar-refractivity contribution is 0.0696. The Morgan fingerprint density at radius 1 is 1.33 bits per heavy atom. The minimum Gasteiger partial charge on any atom is -0.478 e. The number of carbonyl (C=O) groups excluding carboxylic acids is 1. The van der Waals surface area contributed by atoms with Crippen LogP contribution in [0.2, 0.25) is 0 Å². The number of nitrogens with one attached hydrogen (secondary N) is 2. The molecule has 2 rings (SSSR count). The molecule has 0 saturated heterocycles. The highest BCUT2D eigenvalue weighted by Gasteiger charge is 2.35. The summed E-state index contributed by atoms with van der Waals surface area (Å²) in [5, 5.41) is 14.6. The Bertz CT molecular complexity index is 545. The first-order chi connectivity index (χ1) is 9.96. The Balaban J connectivity index is 1.91. The van der Waals surface area contributed by atoms with Crippen LogP contribution in [-0.4, -0.2) is 23.7 Å². The van der Waals surface area contributed by atoms with Crippen molar-refractivity contribution in [1.29, 1.82) is 0 Å². The van der Waals surface area contributed by atoms with E-state index in [2.05, 4.69) is 17.6 Å². The van der Waals surface area contributed by atoms with Gasteiger partial charge in [0.25, 0.3) is 0 Å². The van der Waals surface area contributed by atoms with Gasteiger partial charge in [0.05, 0.1) is 5.56 Å². The molecule has 0 unspecified atom stereocenters. The highest BCUT2D eigenvalue weighted by Crippen LogP contribution is 2.43. The van der Waals surface area contributed by atoms with Crippen LogP contribution in [0, 0.1) is 12.3 Å². The molecule has 0 spiro atoms. The molecule has 1 aliphatic rings. The second-order valence-electron chi connectivity index (χ2n) is 5.85. The summed E-state index contributed by atoms with van der Waals surface area (Å²) in [5.74, 6) is -0.960. The molecule has 21 heavy (non-hydrogen) atoms. The van der Waals surface area contributed by atoms with Crippen LogP contribution in [0.25, 0.3) is 0 Å². The van der Waals surface area contributed by atoms with Gasteiger partial charge in [-0.2, -0.15) is 0 Å². The second-order valence-corrected chi connectivity index (χ2v) is 5.85. The number of benzene rings is 1. The summed E-state index contributed by atoms with van der Waals surface area (Å²) < 4.78 is 0. The highest BCUT2D eigenvalue weighted by atomic mass is 16.4. The number of carboxylic acids is 1. The van der Waals surface area contributed by atoms with Crippen LogP contribution in [0.15, 0.2) is 18.2 Å². The van der Waals surface area contributed by atoms with Gasteiger partial charge in [0.15, 0.2) is 0 Å². The molecule has 2 amide bonds. The number of urea groups is 1. The number of hydrogen-bond acceptors (Lipinski definition) is 2. The molecule has 5 nitrogen and oxygen atoms in total. The van der Waals surface area contributed by atoms with E-state index in [0.29, 0.717) is 17.8 Å². The number of aryl methyl sites for hydroxylation is 1. The van der Waals surface area contributed by atoms with Gasteiger partial charge < -0.3 is 15.7 Å². The van der Waals surface area contributed by atoms with Crippen molar-refractivity contribution < 1.29 is 14.7 Å². The van der Waals surface area contributed by atoms with Crippen molar-refractivity contribution in [2.45, 2.75) is 39.5 Å². The van der Waals surface area contributed by atoms with Crippen molar-refractivity contribution in [3.05, 3.63) is 29.3 Å². The Morgan fingerprint density at radius 2 is 2.05 bits per heavy atom. The molecule has 0 heterocycles. The molecule has 1 fully saturated rings. The topological polar surface area (TPSA) is 78.4 Å². The third-order valence-corrected chi connectivity index (χ3v) is 4.50. The largest absolute Gasteiger partial charge is 0.478 e. The molecular formula is C16H22N2O3. The van der Waals surface area contributed by atoms with Gasteiger partial charge in [0.2, 0.25) is 0 Å². The Hall–Kier alpha value is -2.04. The summed E-state index contributed by atoms with van der Waals surface area (Å²) >= 11 is 0. The maximum atomic E-state index is 11.9. The van der Waals surface area contributed by atoms with E-state index in [-0.39, 0.29) is 17.0 Å². The summed E-state index contributed by atoms with van der Waals surface area (Å²) in [6, 6.07) is 4.54. The summed E-state index contributed by atoms with van der Waals surface area (Å²) in [5.41, 5.74) is 1.76.